The van der Waals surface area contributed by atoms with Crippen LogP contribution in [-0.2, 0) is 20.9 Å². The molecule has 8 heteroatoms. The third-order valence-electron chi connectivity index (χ3n) is 3.95. The number of hydrogen-bond acceptors (Lipinski definition) is 6. The van der Waals surface area contributed by atoms with Gasteiger partial charge in [-0.1, -0.05) is 0 Å². The van der Waals surface area contributed by atoms with Gasteiger partial charge in [-0.25, -0.2) is 0 Å². The van der Waals surface area contributed by atoms with Gasteiger partial charge in [0.2, 0.25) is 0 Å². The monoisotopic (exact) mass is 384 g/mol. The minimum Gasteiger partial charge on any atom is -0.494 e. The number of anilines is 1. The van der Waals surface area contributed by atoms with E-state index in [1.54, 1.807) is 24.3 Å². The molecule has 2 aromatic rings. The Kier molecular flexibility index (Phi) is 7.57. The maximum absolute atomic E-state index is 12.6. The molecular formula is C20H24N4O4. The van der Waals surface area contributed by atoms with Gasteiger partial charge in [0.25, 0.3) is 5.91 Å². The topological polar surface area (TPSA) is 97.5 Å². The summed E-state index contributed by atoms with van der Waals surface area (Å²) in [5, 5.41) is 13.1. The zero-order valence-electron chi connectivity index (χ0n) is 16.3. The molecule has 1 amide bonds. The highest BCUT2D eigenvalue weighted by Gasteiger charge is 2.18. The SMILES string of the molecule is CCOc1ccc(N(CCC#N)C(=O)COC(=O)Cn2nc(C)cc2C)cc1. The van der Waals surface area contributed by atoms with E-state index >= 15 is 0 Å². The van der Waals surface area contributed by atoms with Crippen LogP contribution in [0.15, 0.2) is 30.3 Å². The van der Waals surface area contributed by atoms with Gasteiger partial charge < -0.3 is 14.4 Å². The molecular weight excluding hydrogens is 360 g/mol. The quantitative estimate of drug-likeness (QED) is 0.616. The average molecular weight is 384 g/mol. The molecule has 28 heavy (non-hydrogen) atoms. The van der Waals surface area contributed by atoms with Gasteiger partial charge in [0.1, 0.15) is 12.3 Å². The molecule has 0 saturated carbocycles. The van der Waals surface area contributed by atoms with Gasteiger partial charge in [-0.3, -0.25) is 14.3 Å². The van der Waals surface area contributed by atoms with E-state index in [0.29, 0.717) is 18.0 Å². The summed E-state index contributed by atoms with van der Waals surface area (Å²) in [5.41, 5.74) is 2.25. The van der Waals surface area contributed by atoms with Gasteiger partial charge in [-0.15, -0.1) is 0 Å². The predicted molar refractivity (Wildman–Crippen MR) is 103 cm³/mol. The molecule has 1 heterocycles. The Balaban J connectivity index is 1.99. The molecule has 148 valence electrons. The minimum absolute atomic E-state index is 0.0613. The second-order valence-corrected chi connectivity index (χ2v) is 6.13. The van der Waals surface area contributed by atoms with Crippen molar-refractivity contribution in [1.82, 2.24) is 9.78 Å². The predicted octanol–water partition coefficient (Wildman–Crippen LogP) is 2.39. The Morgan fingerprint density at radius 1 is 1.25 bits per heavy atom. The van der Waals surface area contributed by atoms with Gasteiger partial charge in [0.05, 0.1) is 24.8 Å². The molecule has 8 nitrogen and oxygen atoms in total. The Morgan fingerprint density at radius 2 is 1.96 bits per heavy atom. The highest BCUT2D eigenvalue weighted by atomic mass is 16.5. The summed E-state index contributed by atoms with van der Waals surface area (Å²) in [4.78, 5) is 26.0. The molecule has 0 aliphatic carbocycles. The van der Waals surface area contributed by atoms with Gasteiger partial charge >= 0.3 is 5.97 Å². The second-order valence-electron chi connectivity index (χ2n) is 6.13. The second kappa shape index (κ2) is 10.1. The first-order valence-corrected chi connectivity index (χ1v) is 9.01. The van der Waals surface area contributed by atoms with Crippen molar-refractivity contribution in [2.24, 2.45) is 0 Å². The van der Waals surface area contributed by atoms with Gasteiger partial charge in [0, 0.05) is 17.9 Å². The maximum Gasteiger partial charge on any atom is 0.328 e. The molecule has 0 aliphatic heterocycles. The highest BCUT2D eigenvalue weighted by Crippen LogP contribution is 2.20. The van der Waals surface area contributed by atoms with Crippen LogP contribution in [0, 0.1) is 25.2 Å². The average Bonchev–Trinajstić information content (AvgIpc) is 2.98. The van der Waals surface area contributed by atoms with Crippen LogP contribution in [-0.4, -0.2) is 41.4 Å². The standard InChI is InChI=1S/C20H24N4O4/c1-4-27-18-8-6-17(7-9-18)23(11-5-10-21)19(25)14-28-20(26)13-24-16(3)12-15(2)22-24/h6-9,12H,4-5,11,13-14H2,1-3H3. The summed E-state index contributed by atoms with van der Waals surface area (Å²) in [7, 11) is 0. The number of rotatable bonds is 9. The fourth-order valence-electron chi connectivity index (χ4n) is 2.67. The largest absolute Gasteiger partial charge is 0.494 e. The third-order valence-corrected chi connectivity index (χ3v) is 3.95. The molecule has 0 spiro atoms. The Labute approximate surface area is 164 Å². The zero-order valence-corrected chi connectivity index (χ0v) is 16.3. The number of amides is 1. The summed E-state index contributed by atoms with van der Waals surface area (Å²) < 4.78 is 12.0. The Morgan fingerprint density at radius 3 is 2.54 bits per heavy atom. The number of ether oxygens (including phenoxy) is 2. The van der Waals surface area contributed by atoms with Gasteiger partial charge in [-0.2, -0.15) is 10.4 Å². The van der Waals surface area contributed by atoms with E-state index in [4.69, 9.17) is 14.7 Å². The van der Waals surface area contributed by atoms with Crippen molar-refractivity contribution in [2.45, 2.75) is 33.7 Å². The van der Waals surface area contributed by atoms with E-state index in [-0.39, 0.29) is 19.5 Å². The fraction of sp³-hybridized carbons (Fsp3) is 0.400. The molecule has 0 saturated heterocycles. The lowest BCUT2D eigenvalue weighted by molar-refractivity contribution is -0.148. The first-order chi connectivity index (χ1) is 13.4. The van der Waals surface area contributed by atoms with Crippen molar-refractivity contribution >= 4 is 17.6 Å². The molecule has 0 bridgehead atoms. The van der Waals surface area contributed by atoms with Crippen LogP contribution >= 0.6 is 0 Å². The summed E-state index contributed by atoms with van der Waals surface area (Å²) in [6.07, 6.45) is 0.165. The maximum atomic E-state index is 12.6. The molecule has 0 atom stereocenters. The first kappa shape index (κ1) is 21.0. The van der Waals surface area contributed by atoms with Crippen LogP contribution in [0.1, 0.15) is 24.7 Å². The van der Waals surface area contributed by atoms with E-state index in [9.17, 15) is 9.59 Å². The summed E-state index contributed by atoms with van der Waals surface area (Å²) >= 11 is 0. The smallest absolute Gasteiger partial charge is 0.328 e. The normalized spacial score (nSPS) is 10.2. The number of hydrogen-bond donors (Lipinski definition) is 0. The number of nitriles is 1. The Bertz CT molecular complexity index is 852. The summed E-state index contributed by atoms with van der Waals surface area (Å²) in [6, 6.07) is 10.8. The number of benzene rings is 1. The molecule has 2 rings (SSSR count). The number of carbonyl (C=O) groups excluding carboxylic acids is 2. The van der Waals surface area contributed by atoms with Crippen LogP contribution in [0.3, 0.4) is 0 Å². The van der Waals surface area contributed by atoms with Crippen molar-refractivity contribution in [2.75, 3.05) is 24.7 Å². The number of carbonyl (C=O) groups is 2. The number of esters is 1. The van der Waals surface area contributed by atoms with Gasteiger partial charge in [-0.05, 0) is 51.1 Å². The number of nitrogens with zero attached hydrogens (tertiary/aromatic N) is 4. The third kappa shape index (κ3) is 5.84. The molecule has 0 fully saturated rings. The zero-order chi connectivity index (χ0) is 20.5. The molecule has 0 radical (unpaired) electrons. The molecule has 1 aromatic heterocycles. The summed E-state index contributed by atoms with van der Waals surface area (Å²) in [5.74, 6) is -0.261. The highest BCUT2D eigenvalue weighted by molar-refractivity contribution is 5.95. The number of aryl methyl sites for hydroxylation is 2. The van der Waals surface area contributed by atoms with Crippen LogP contribution in [0.25, 0.3) is 0 Å². The Hall–Kier alpha value is -3.34. The lowest BCUT2D eigenvalue weighted by Gasteiger charge is -2.22. The summed E-state index contributed by atoms with van der Waals surface area (Å²) in [6.45, 7) is 5.85. The molecule has 1 aromatic carbocycles. The van der Waals surface area contributed by atoms with Crippen LogP contribution in [0.5, 0.6) is 5.75 Å². The van der Waals surface area contributed by atoms with Crippen molar-refractivity contribution < 1.29 is 19.1 Å². The number of aromatic nitrogens is 2. The lowest BCUT2D eigenvalue weighted by atomic mass is 10.2. The van der Waals surface area contributed by atoms with Crippen LogP contribution < -0.4 is 9.64 Å². The fourth-order valence-corrected chi connectivity index (χ4v) is 2.67. The molecule has 0 unspecified atom stereocenters. The van der Waals surface area contributed by atoms with Crippen molar-refractivity contribution in [3.8, 4) is 11.8 Å². The van der Waals surface area contributed by atoms with E-state index in [1.807, 2.05) is 32.9 Å². The van der Waals surface area contributed by atoms with Crippen molar-refractivity contribution in [3.05, 3.63) is 41.7 Å². The molecule has 0 N–H and O–H groups in total. The van der Waals surface area contributed by atoms with Crippen LogP contribution in [0.4, 0.5) is 5.69 Å². The minimum atomic E-state index is -0.550. The van der Waals surface area contributed by atoms with Crippen molar-refractivity contribution in [1.29, 1.82) is 5.26 Å². The molecule has 0 aliphatic rings. The lowest BCUT2D eigenvalue weighted by Crippen LogP contribution is -2.36. The van der Waals surface area contributed by atoms with E-state index in [2.05, 4.69) is 5.10 Å². The van der Waals surface area contributed by atoms with Gasteiger partial charge in [0.15, 0.2) is 6.61 Å². The van der Waals surface area contributed by atoms with E-state index in [0.717, 1.165) is 11.4 Å². The van der Waals surface area contributed by atoms with Crippen molar-refractivity contribution in [3.63, 3.8) is 0 Å². The van der Waals surface area contributed by atoms with E-state index < -0.39 is 18.5 Å². The van der Waals surface area contributed by atoms with Crippen LogP contribution in [0.2, 0.25) is 0 Å². The van der Waals surface area contributed by atoms with E-state index in [1.165, 1.54) is 9.58 Å². The first-order valence-electron chi connectivity index (χ1n) is 9.01.